The van der Waals surface area contributed by atoms with Gasteiger partial charge in [0.25, 0.3) is 0 Å². The second kappa shape index (κ2) is 7.17. The van der Waals surface area contributed by atoms with Gasteiger partial charge in [0, 0.05) is 6.54 Å². The highest BCUT2D eigenvalue weighted by Crippen LogP contribution is 2.36. The Labute approximate surface area is 153 Å². The molecule has 0 amide bonds. The maximum Gasteiger partial charge on any atom is 0.177 e. The lowest BCUT2D eigenvalue weighted by atomic mass is 10.1. The molecule has 4 rings (SSSR count). The third kappa shape index (κ3) is 3.28. The van der Waals surface area contributed by atoms with Crippen LogP contribution in [0, 0.1) is 6.92 Å². The zero-order valence-electron chi connectivity index (χ0n) is 15.0. The maximum absolute atomic E-state index is 5.94. The highest BCUT2D eigenvalue weighted by molar-refractivity contribution is 5.59. The minimum absolute atomic E-state index is 0.252. The van der Waals surface area contributed by atoms with E-state index in [2.05, 4.69) is 46.4 Å². The van der Waals surface area contributed by atoms with Crippen molar-refractivity contribution in [3.05, 3.63) is 71.5 Å². The van der Waals surface area contributed by atoms with Crippen LogP contribution in [0.15, 0.2) is 54.7 Å². The molecular formula is C20H22N4O2. The molecule has 1 aliphatic heterocycles. The molecule has 6 nitrogen and oxygen atoms in total. The van der Waals surface area contributed by atoms with E-state index in [4.69, 9.17) is 9.47 Å². The summed E-state index contributed by atoms with van der Waals surface area (Å²) in [7, 11) is 1.68. The first kappa shape index (κ1) is 16.6. The van der Waals surface area contributed by atoms with Crippen molar-refractivity contribution in [2.45, 2.75) is 19.7 Å². The van der Waals surface area contributed by atoms with Gasteiger partial charge in [-0.3, -0.25) is 0 Å². The van der Waals surface area contributed by atoms with Crippen LogP contribution >= 0.6 is 0 Å². The van der Waals surface area contributed by atoms with Crippen molar-refractivity contribution in [3.63, 3.8) is 0 Å². The fraction of sp³-hybridized carbons (Fsp3) is 0.300. The third-order valence-electron chi connectivity index (χ3n) is 4.52. The molecule has 1 atom stereocenters. The average Bonchev–Trinajstić information content (AvgIpc) is 3.30. The number of hydrogen-bond acceptors (Lipinski definition) is 5. The van der Waals surface area contributed by atoms with Crippen LogP contribution in [0.1, 0.15) is 23.0 Å². The fourth-order valence-electron chi connectivity index (χ4n) is 3.33. The summed E-state index contributed by atoms with van der Waals surface area (Å²) in [5, 5.41) is 8.64. The largest absolute Gasteiger partial charge is 0.495 e. The molecule has 1 aromatic heterocycles. The molecule has 26 heavy (non-hydrogen) atoms. The van der Waals surface area contributed by atoms with E-state index in [0.29, 0.717) is 13.2 Å². The number of aryl methyl sites for hydroxylation is 1. The number of para-hydroxylation sites is 2. The minimum Gasteiger partial charge on any atom is -0.495 e. The van der Waals surface area contributed by atoms with Crippen LogP contribution in [-0.4, -0.2) is 35.3 Å². The van der Waals surface area contributed by atoms with Gasteiger partial charge in [-0.25, -0.2) is 4.68 Å². The third-order valence-corrected chi connectivity index (χ3v) is 4.52. The summed E-state index contributed by atoms with van der Waals surface area (Å²) in [6.45, 7) is 4.22. The number of methoxy groups -OCH3 is 1. The zero-order valence-corrected chi connectivity index (χ0v) is 15.0. The van der Waals surface area contributed by atoms with Crippen LogP contribution in [0.2, 0.25) is 0 Å². The van der Waals surface area contributed by atoms with Gasteiger partial charge in [0.15, 0.2) is 6.23 Å². The molecule has 6 heteroatoms. The Morgan fingerprint density at radius 1 is 1.19 bits per heavy atom. The Kier molecular flexibility index (Phi) is 4.58. The quantitative estimate of drug-likeness (QED) is 0.707. The molecule has 0 spiro atoms. The van der Waals surface area contributed by atoms with Crippen LogP contribution in [0.5, 0.6) is 5.75 Å². The van der Waals surface area contributed by atoms with Crippen molar-refractivity contribution in [3.8, 4) is 5.75 Å². The lowest BCUT2D eigenvalue weighted by molar-refractivity contribution is 0.110. The first-order chi connectivity index (χ1) is 12.7. The summed E-state index contributed by atoms with van der Waals surface area (Å²) in [5.74, 6) is 0.829. The van der Waals surface area contributed by atoms with E-state index in [1.807, 2.05) is 35.1 Å². The minimum atomic E-state index is -0.252. The zero-order chi connectivity index (χ0) is 17.9. The van der Waals surface area contributed by atoms with Crippen molar-refractivity contribution >= 4 is 5.69 Å². The predicted molar refractivity (Wildman–Crippen MR) is 99.3 cm³/mol. The Balaban J connectivity index is 1.56. The summed E-state index contributed by atoms with van der Waals surface area (Å²) in [4.78, 5) is 2.17. The molecule has 0 N–H and O–H groups in total. The van der Waals surface area contributed by atoms with Gasteiger partial charge in [-0.1, -0.05) is 47.2 Å². The number of ether oxygens (including phenoxy) is 2. The summed E-state index contributed by atoms with van der Waals surface area (Å²) in [6.07, 6.45) is 1.71. The molecule has 0 saturated carbocycles. The van der Waals surface area contributed by atoms with Gasteiger partial charge in [0.2, 0.25) is 0 Å². The number of nitrogens with zero attached hydrogens (tertiary/aromatic N) is 4. The first-order valence-electron chi connectivity index (χ1n) is 8.71. The summed E-state index contributed by atoms with van der Waals surface area (Å²) in [5.41, 5.74) is 4.26. The molecule has 3 aromatic rings. The van der Waals surface area contributed by atoms with E-state index in [1.165, 1.54) is 11.1 Å². The topological polar surface area (TPSA) is 52.4 Å². The molecule has 0 radical (unpaired) electrons. The Hall–Kier alpha value is -2.86. The molecule has 1 saturated heterocycles. The molecule has 1 unspecified atom stereocenters. The van der Waals surface area contributed by atoms with Gasteiger partial charge in [0.1, 0.15) is 11.4 Å². The second-order valence-electron chi connectivity index (χ2n) is 6.42. The van der Waals surface area contributed by atoms with Crippen LogP contribution < -0.4 is 9.64 Å². The number of hydrogen-bond donors (Lipinski definition) is 0. The second-order valence-corrected chi connectivity index (χ2v) is 6.42. The average molecular weight is 350 g/mol. The molecule has 2 aromatic carbocycles. The fourth-order valence-corrected chi connectivity index (χ4v) is 3.33. The van der Waals surface area contributed by atoms with Crippen molar-refractivity contribution < 1.29 is 9.47 Å². The Morgan fingerprint density at radius 3 is 2.92 bits per heavy atom. The highest BCUT2D eigenvalue weighted by Gasteiger charge is 2.31. The van der Waals surface area contributed by atoms with E-state index in [1.54, 1.807) is 7.11 Å². The van der Waals surface area contributed by atoms with E-state index < -0.39 is 0 Å². The monoisotopic (exact) mass is 350 g/mol. The van der Waals surface area contributed by atoms with E-state index >= 15 is 0 Å². The Morgan fingerprint density at radius 2 is 2.08 bits per heavy atom. The molecule has 1 aliphatic rings. The van der Waals surface area contributed by atoms with Crippen LogP contribution in [-0.2, 0) is 11.3 Å². The van der Waals surface area contributed by atoms with Gasteiger partial charge in [-0.2, -0.15) is 0 Å². The van der Waals surface area contributed by atoms with Crippen molar-refractivity contribution in [2.75, 3.05) is 25.2 Å². The van der Waals surface area contributed by atoms with E-state index in [9.17, 15) is 0 Å². The van der Waals surface area contributed by atoms with Crippen LogP contribution in [0.25, 0.3) is 0 Å². The van der Waals surface area contributed by atoms with E-state index in [0.717, 1.165) is 23.7 Å². The first-order valence-corrected chi connectivity index (χ1v) is 8.71. The van der Waals surface area contributed by atoms with Crippen LogP contribution in [0.4, 0.5) is 5.69 Å². The number of aromatic nitrogens is 3. The van der Waals surface area contributed by atoms with Gasteiger partial charge >= 0.3 is 0 Å². The molecular weight excluding hydrogens is 328 g/mol. The lowest BCUT2D eigenvalue weighted by Gasteiger charge is -2.25. The normalized spacial score (nSPS) is 16.8. The van der Waals surface area contributed by atoms with Gasteiger partial charge in [0.05, 0.1) is 32.1 Å². The predicted octanol–water partition coefficient (Wildman–Crippen LogP) is 3.18. The van der Waals surface area contributed by atoms with Crippen LogP contribution in [0.3, 0.4) is 0 Å². The molecule has 0 aliphatic carbocycles. The number of rotatable bonds is 5. The van der Waals surface area contributed by atoms with Crippen molar-refractivity contribution in [1.29, 1.82) is 0 Å². The number of benzene rings is 2. The Bertz CT molecular complexity index is 893. The SMILES string of the molecule is COc1ccccc1N1CCOC1c1cn(Cc2cccc(C)c2)nn1. The molecule has 1 fully saturated rings. The van der Waals surface area contributed by atoms with Crippen molar-refractivity contribution in [2.24, 2.45) is 0 Å². The lowest BCUT2D eigenvalue weighted by Crippen LogP contribution is -2.24. The summed E-state index contributed by atoms with van der Waals surface area (Å²) < 4.78 is 13.3. The standard InChI is InChI=1S/C20H22N4O2/c1-15-6-5-7-16(12-15)13-23-14-17(21-22-23)20-24(10-11-26-20)18-8-3-4-9-19(18)25-2/h3-9,12,14,20H,10-11,13H2,1-2H3. The molecule has 134 valence electrons. The van der Waals surface area contributed by atoms with Gasteiger partial charge in [-0.15, -0.1) is 5.10 Å². The number of anilines is 1. The maximum atomic E-state index is 5.94. The smallest absolute Gasteiger partial charge is 0.177 e. The summed E-state index contributed by atoms with van der Waals surface area (Å²) >= 11 is 0. The molecule has 2 heterocycles. The molecule has 0 bridgehead atoms. The van der Waals surface area contributed by atoms with E-state index in [-0.39, 0.29) is 6.23 Å². The van der Waals surface area contributed by atoms with Gasteiger partial charge < -0.3 is 14.4 Å². The summed E-state index contributed by atoms with van der Waals surface area (Å²) in [6, 6.07) is 16.4. The highest BCUT2D eigenvalue weighted by atomic mass is 16.5. The van der Waals surface area contributed by atoms with Gasteiger partial charge in [-0.05, 0) is 24.6 Å². The van der Waals surface area contributed by atoms with Crippen molar-refractivity contribution in [1.82, 2.24) is 15.0 Å².